The van der Waals surface area contributed by atoms with E-state index in [1.54, 1.807) is 18.1 Å². The Kier molecular flexibility index (Phi) is 6.65. The van der Waals surface area contributed by atoms with Gasteiger partial charge in [-0.25, -0.2) is 9.78 Å². The molecule has 1 aromatic carbocycles. The predicted molar refractivity (Wildman–Crippen MR) is 115 cm³/mol. The SMILES string of the molecule is COc1ccc2c(Br)ccc(C(O)CN3CCN(C(=O)OC(C)(C)C)CC3)c2n1. The van der Waals surface area contributed by atoms with Crippen molar-refractivity contribution in [3.8, 4) is 5.88 Å². The molecule has 0 saturated carbocycles. The number of hydrogen-bond acceptors (Lipinski definition) is 6. The van der Waals surface area contributed by atoms with Crippen molar-refractivity contribution < 1.29 is 19.4 Å². The molecule has 158 valence electrons. The zero-order valence-electron chi connectivity index (χ0n) is 17.3. The smallest absolute Gasteiger partial charge is 0.410 e. The van der Waals surface area contributed by atoms with Gasteiger partial charge in [-0.1, -0.05) is 22.0 Å². The number of pyridine rings is 1. The molecule has 8 heteroatoms. The lowest BCUT2D eigenvalue weighted by Crippen LogP contribution is -2.50. The van der Waals surface area contributed by atoms with Gasteiger partial charge in [0.1, 0.15) is 5.60 Å². The summed E-state index contributed by atoms with van der Waals surface area (Å²) in [6.45, 7) is 8.58. The fraction of sp³-hybridized carbons (Fsp3) is 0.524. The lowest BCUT2D eigenvalue weighted by atomic mass is 10.0. The monoisotopic (exact) mass is 465 g/mol. The topological polar surface area (TPSA) is 75.1 Å². The highest BCUT2D eigenvalue weighted by molar-refractivity contribution is 9.10. The third kappa shape index (κ3) is 5.38. The minimum absolute atomic E-state index is 0.284. The second-order valence-electron chi connectivity index (χ2n) is 8.17. The second-order valence-corrected chi connectivity index (χ2v) is 9.02. The molecule has 0 bridgehead atoms. The van der Waals surface area contributed by atoms with Crippen LogP contribution in [-0.4, -0.2) is 71.4 Å². The zero-order chi connectivity index (χ0) is 21.2. The van der Waals surface area contributed by atoms with Gasteiger partial charge in [-0.05, 0) is 32.9 Å². The number of nitrogens with zero attached hydrogens (tertiary/aromatic N) is 3. The number of benzene rings is 1. The number of methoxy groups -OCH3 is 1. The number of piperazine rings is 1. The average Bonchev–Trinajstić information content (AvgIpc) is 2.67. The predicted octanol–water partition coefficient (Wildman–Crippen LogP) is 3.59. The number of β-amino-alcohol motifs (C(OH)–C–C–N with tert-alkyl or cyclic N) is 1. The fourth-order valence-electron chi connectivity index (χ4n) is 3.35. The first kappa shape index (κ1) is 21.8. The van der Waals surface area contributed by atoms with E-state index < -0.39 is 11.7 Å². The van der Waals surface area contributed by atoms with E-state index in [1.165, 1.54) is 0 Å². The van der Waals surface area contributed by atoms with Crippen molar-refractivity contribution in [1.29, 1.82) is 0 Å². The number of aliphatic hydroxyl groups excluding tert-OH is 1. The van der Waals surface area contributed by atoms with Crippen LogP contribution in [0.15, 0.2) is 28.7 Å². The van der Waals surface area contributed by atoms with Gasteiger partial charge in [0.2, 0.25) is 5.88 Å². The molecule has 1 saturated heterocycles. The molecule has 1 atom stereocenters. The van der Waals surface area contributed by atoms with Gasteiger partial charge in [0.05, 0.1) is 18.7 Å². The van der Waals surface area contributed by atoms with Gasteiger partial charge in [0.25, 0.3) is 0 Å². The van der Waals surface area contributed by atoms with E-state index in [0.717, 1.165) is 20.9 Å². The third-order valence-corrected chi connectivity index (χ3v) is 5.52. The van der Waals surface area contributed by atoms with Crippen LogP contribution in [0, 0.1) is 0 Å². The number of ether oxygens (including phenoxy) is 2. The highest BCUT2D eigenvalue weighted by Gasteiger charge is 2.27. The molecule has 3 rings (SSSR count). The molecule has 2 heterocycles. The second kappa shape index (κ2) is 8.85. The molecule has 0 radical (unpaired) electrons. The molecule has 0 spiro atoms. The van der Waals surface area contributed by atoms with Crippen molar-refractivity contribution in [1.82, 2.24) is 14.8 Å². The maximum Gasteiger partial charge on any atom is 0.410 e. The van der Waals surface area contributed by atoms with Crippen LogP contribution < -0.4 is 4.74 Å². The van der Waals surface area contributed by atoms with Crippen molar-refractivity contribution in [3.05, 3.63) is 34.3 Å². The number of aliphatic hydroxyl groups is 1. The van der Waals surface area contributed by atoms with Gasteiger partial charge in [0, 0.05) is 54.2 Å². The minimum Gasteiger partial charge on any atom is -0.481 e. The van der Waals surface area contributed by atoms with Crippen molar-refractivity contribution in [3.63, 3.8) is 0 Å². The van der Waals surface area contributed by atoms with E-state index in [4.69, 9.17) is 9.47 Å². The molecule has 1 aromatic heterocycles. The number of aromatic nitrogens is 1. The average molecular weight is 466 g/mol. The lowest BCUT2D eigenvalue weighted by Gasteiger charge is -2.36. The van der Waals surface area contributed by atoms with Crippen molar-refractivity contribution in [2.24, 2.45) is 0 Å². The molecule has 1 N–H and O–H groups in total. The summed E-state index contributed by atoms with van der Waals surface area (Å²) < 4.78 is 11.6. The van der Waals surface area contributed by atoms with Crippen molar-refractivity contribution >= 4 is 32.9 Å². The van der Waals surface area contributed by atoms with E-state index in [9.17, 15) is 9.90 Å². The van der Waals surface area contributed by atoms with E-state index in [2.05, 4.69) is 25.8 Å². The summed E-state index contributed by atoms with van der Waals surface area (Å²) in [5.74, 6) is 0.509. The van der Waals surface area contributed by atoms with Gasteiger partial charge in [-0.2, -0.15) is 0 Å². The lowest BCUT2D eigenvalue weighted by molar-refractivity contribution is 0.0101. The number of carbonyl (C=O) groups is 1. The molecule has 1 fully saturated rings. The standard InChI is InChI=1S/C21H28BrN3O4/c1-21(2,3)29-20(27)25-11-9-24(10-12-25)13-17(26)15-5-7-16(22)14-6-8-18(28-4)23-19(14)15/h5-8,17,26H,9-13H2,1-4H3. The number of halogens is 1. The van der Waals surface area contributed by atoms with Crippen molar-refractivity contribution in [2.45, 2.75) is 32.5 Å². The summed E-state index contributed by atoms with van der Waals surface area (Å²) in [6, 6.07) is 7.55. The summed E-state index contributed by atoms with van der Waals surface area (Å²) in [5.41, 5.74) is 0.983. The Hall–Kier alpha value is -1.90. The van der Waals surface area contributed by atoms with Crippen LogP contribution in [0.2, 0.25) is 0 Å². The number of carbonyl (C=O) groups excluding carboxylic acids is 1. The van der Waals surface area contributed by atoms with E-state index in [-0.39, 0.29) is 6.09 Å². The molecule has 2 aromatic rings. The van der Waals surface area contributed by atoms with Gasteiger partial charge >= 0.3 is 6.09 Å². The number of rotatable bonds is 4. The maximum atomic E-state index is 12.2. The first-order valence-corrected chi connectivity index (χ1v) is 10.5. The molecule has 1 unspecified atom stereocenters. The summed E-state index contributed by atoms with van der Waals surface area (Å²) >= 11 is 3.54. The molecule has 0 aliphatic carbocycles. The number of amides is 1. The summed E-state index contributed by atoms with van der Waals surface area (Å²) in [6.07, 6.45) is -0.980. The summed E-state index contributed by atoms with van der Waals surface area (Å²) in [4.78, 5) is 20.6. The molecule has 1 aliphatic rings. The van der Waals surface area contributed by atoms with E-state index in [1.807, 2.05) is 39.0 Å². The van der Waals surface area contributed by atoms with Crippen LogP contribution in [0.1, 0.15) is 32.4 Å². The first-order valence-electron chi connectivity index (χ1n) is 9.69. The van der Waals surface area contributed by atoms with Crippen LogP contribution in [0.4, 0.5) is 4.79 Å². The largest absolute Gasteiger partial charge is 0.481 e. The van der Waals surface area contributed by atoms with Crippen LogP contribution in [0.5, 0.6) is 5.88 Å². The van der Waals surface area contributed by atoms with E-state index in [0.29, 0.717) is 38.6 Å². The Morgan fingerprint density at radius 2 is 1.90 bits per heavy atom. The fourth-order valence-corrected chi connectivity index (χ4v) is 3.80. The third-order valence-electron chi connectivity index (χ3n) is 4.83. The normalized spacial score (nSPS) is 16.7. The van der Waals surface area contributed by atoms with E-state index >= 15 is 0 Å². The number of hydrogen-bond donors (Lipinski definition) is 1. The molecular weight excluding hydrogens is 438 g/mol. The Morgan fingerprint density at radius 1 is 1.21 bits per heavy atom. The minimum atomic E-state index is -0.696. The molecule has 1 amide bonds. The first-order chi connectivity index (χ1) is 13.7. The molecule has 7 nitrogen and oxygen atoms in total. The maximum absolute atomic E-state index is 12.2. The van der Waals surface area contributed by atoms with Crippen LogP contribution in [0.3, 0.4) is 0 Å². The van der Waals surface area contributed by atoms with Crippen molar-refractivity contribution in [2.75, 3.05) is 39.8 Å². The Balaban J connectivity index is 1.67. The van der Waals surface area contributed by atoms with Gasteiger partial charge in [-0.15, -0.1) is 0 Å². The Morgan fingerprint density at radius 3 is 2.52 bits per heavy atom. The quantitative estimate of drug-likeness (QED) is 0.743. The van der Waals surface area contributed by atoms with Gasteiger partial charge in [0.15, 0.2) is 0 Å². The Labute approximate surface area is 179 Å². The van der Waals surface area contributed by atoms with Crippen LogP contribution >= 0.6 is 15.9 Å². The highest BCUT2D eigenvalue weighted by Crippen LogP contribution is 2.31. The van der Waals surface area contributed by atoms with Gasteiger partial charge in [-0.3, -0.25) is 4.90 Å². The van der Waals surface area contributed by atoms with Crippen LogP contribution in [0.25, 0.3) is 10.9 Å². The molecule has 1 aliphatic heterocycles. The Bertz CT molecular complexity index is 876. The molecular formula is C21H28BrN3O4. The summed E-state index contributed by atoms with van der Waals surface area (Å²) in [7, 11) is 1.58. The highest BCUT2D eigenvalue weighted by atomic mass is 79.9. The summed E-state index contributed by atoms with van der Waals surface area (Å²) in [5, 5.41) is 11.8. The van der Waals surface area contributed by atoms with Crippen LogP contribution in [-0.2, 0) is 4.74 Å². The number of fused-ring (bicyclic) bond motifs is 1. The molecule has 29 heavy (non-hydrogen) atoms. The van der Waals surface area contributed by atoms with Gasteiger partial charge < -0.3 is 19.5 Å². The zero-order valence-corrected chi connectivity index (χ0v) is 18.9.